The highest BCUT2D eigenvalue weighted by Crippen LogP contribution is 2.43. The molecule has 3 aromatic carbocycles. The first kappa shape index (κ1) is 29.9. The zero-order valence-corrected chi connectivity index (χ0v) is 21.5. The Morgan fingerprint density at radius 3 is 2.05 bits per heavy atom. The first-order valence-electron chi connectivity index (χ1n) is 12.6. The lowest BCUT2D eigenvalue weighted by Crippen LogP contribution is -2.52. The van der Waals surface area contributed by atoms with Gasteiger partial charge in [-0.2, -0.15) is 26.3 Å². The molecule has 4 rings (SSSR count). The number of benzene rings is 3. The van der Waals surface area contributed by atoms with E-state index >= 15 is 0 Å². The van der Waals surface area contributed by atoms with Crippen molar-refractivity contribution in [3.8, 4) is 0 Å². The summed E-state index contributed by atoms with van der Waals surface area (Å²) in [6.45, 7) is -0.0214. The van der Waals surface area contributed by atoms with Crippen LogP contribution in [0.4, 0.5) is 36.8 Å². The second-order valence-electron chi connectivity index (χ2n) is 9.42. The molecule has 0 aromatic heterocycles. The molecule has 0 fully saturated rings. The Balaban J connectivity index is 1.60. The Morgan fingerprint density at radius 2 is 1.46 bits per heavy atom. The van der Waals surface area contributed by atoms with Crippen LogP contribution in [0.5, 0.6) is 0 Å². The van der Waals surface area contributed by atoms with E-state index in [1.54, 1.807) is 54.6 Å². The van der Waals surface area contributed by atoms with Crippen molar-refractivity contribution in [3.05, 3.63) is 101 Å². The standard InChI is InChI=1S/C29H26F6N2O4/c30-28(31,32)21-11-12-25-23(15-21)24(36-27(39)41-18-20-9-5-2-6-10-20)16-22(37(25)26(38)29(33,34)35)13-14-40-17-19-7-3-1-4-8-19/h1-12,15,22,24H,13-14,16-18H2,(H,36,39). The average Bonchev–Trinajstić information content (AvgIpc) is 2.94. The van der Waals surface area contributed by atoms with Crippen molar-refractivity contribution in [2.24, 2.45) is 0 Å². The molecule has 3 aromatic rings. The predicted octanol–water partition coefficient (Wildman–Crippen LogP) is 6.95. The highest BCUT2D eigenvalue weighted by atomic mass is 19.4. The van der Waals surface area contributed by atoms with E-state index in [1.165, 1.54) is 0 Å². The van der Waals surface area contributed by atoms with Gasteiger partial charge in [-0.05, 0) is 47.7 Å². The predicted molar refractivity (Wildman–Crippen MR) is 137 cm³/mol. The maximum atomic E-state index is 13.7. The minimum atomic E-state index is -5.29. The summed E-state index contributed by atoms with van der Waals surface area (Å²) in [6, 6.07) is 17.4. The van der Waals surface area contributed by atoms with Crippen LogP contribution < -0.4 is 10.2 Å². The normalized spacial score (nSPS) is 17.1. The number of nitrogens with zero attached hydrogens (tertiary/aromatic N) is 1. The lowest BCUT2D eigenvalue weighted by Gasteiger charge is -2.41. The van der Waals surface area contributed by atoms with Crippen molar-refractivity contribution in [3.63, 3.8) is 0 Å². The number of hydrogen-bond acceptors (Lipinski definition) is 4. The van der Waals surface area contributed by atoms with Crippen LogP contribution >= 0.6 is 0 Å². The molecule has 1 aliphatic heterocycles. The maximum Gasteiger partial charge on any atom is 0.471 e. The fourth-order valence-corrected chi connectivity index (χ4v) is 4.62. The van der Waals surface area contributed by atoms with Crippen LogP contribution in [0.2, 0.25) is 0 Å². The minimum absolute atomic E-state index is 0.0532. The van der Waals surface area contributed by atoms with E-state index in [-0.39, 0.29) is 43.9 Å². The molecule has 2 atom stereocenters. The van der Waals surface area contributed by atoms with Crippen molar-refractivity contribution >= 4 is 17.7 Å². The van der Waals surface area contributed by atoms with Crippen molar-refractivity contribution in [2.45, 2.75) is 50.5 Å². The fourth-order valence-electron chi connectivity index (χ4n) is 4.62. The Hall–Kier alpha value is -4.06. The number of fused-ring (bicyclic) bond motifs is 1. The molecule has 0 saturated heterocycles. The van der Waals surface area contributed by atoms with Gasteiger partial charge in [-0.25, -0.2) is 4.79 Å². The van der Waals surface area contributed by atoms with E-state index in [4.69, 9.17) is 9.47 Å². The van der Waals surface area contributed by atoms with Gasteiger partial charge in [-0.1, -0.05) is 60.7 Å². The van der Waals surface area contributed by atoms with Crippen LogP contribution in [0.1, 0.15) is 41.1 Å². The lowest BCUT2D eigenvalue weighted by molar-refractivity contribution is -0.171. The van der Waals surface area contributed by atoms with Crippen LogP contribution in [0.25, 0.3) is 0 Å². The Labute approximate surface area is 231 Å². The third-order valence-corrected chi connectivity index (χ3v) is 6.54. The van der Waals surface area contributed by atoms with Crippen molar-refractivity contribution < 1.29 is 45.4 Å². The third kappa shape index (κ3) is 7.78. The van der Waals surface area contributed by atoms with Crippen LogP contribution in [-0.4, -0.2) is 30.8 Å². The lowest BCUT2D eigenvalue weighted by atomic mass is 9.88. The molecule has 0 aliphatic carbocycles. The van der Waals surface area contributed by atoms with Gasteiger partial charge in [0, 0.05) is 18.3 Å². The number of ether oxygens (including phenoxy) is 2. The Kier molecular flexibility index (Phi) is 9.21. The number of halogens is 6. The monoisotopic (exact) mass is 580 g/mol. The van der Waals surface area contributed by atoms with Crippen LogP contribution in [0.3, 0.4) is 0 Å². The molecule has 1 aliphatic rings. The molecule has 41 heavy (non-hydrogen) atoms. The van der Waals surface area contributed by atoms with Gasteiger partial charge < -0.3 is 19.7 Å². The Bertz CT molecular complexity index is 1330. The van der Waals surface area contributed by atoms with E-state index in [0.29, 0.717) is 22.6 Å². The summed E-state index contributed by atoms with van der Waals surface area (Å²) in [4.78, 5) is 25.6. The number of anilines is 1. The van der Waals surface area contributed by atoms with Gasteiger partial charge in [0.05, 0.1) is 18.2 Å². The van der Waals surface area contributed by atoms with E-state index in [2.05, 4.69) is 5.32 Å². The molecule has 2 unspecified atom stereocenters. The van der Waals surface area contributed by atoms with E-state index in [9.17, 15) is 35.9 Å². The van der Waals surface area contributed by atoms with E-state index in [0.717, 1.165) is 11.6 Å². The molecular formula is C29H26F6N2O4. The molecule has 1 N–H and O–H groups in total. The largest absolute Gasteiger partial charge is 0.471 e. The van der Waals surface area contributed by atoms with Crippen molar-refractivity contribution in [2.75, 3.05) is 11.5 Å². The maximum absolute atomic E-state index is 13.7. The van der Waals surface area contributed by atoms with Gasteiger partial charge in [0.2, 0.25) is 0 Å². The summed E-state index contributed by atoms with van der Waals surface area (Å²) in [5, 5.41) is 2.48. The molecule has 6 nitrogen and oxygen atoms in total. The summed E-state index contributed by atoms with van der Waals surface area (Å²) in [7, 11) is 0. The summed E-state index contributed by atoms with van der Waals surface area (Å²) >= 11 is 0. The number of nitrogens with one attached hydrogen (secondary N) is 1. The van der Waals surface area contributed by atoms with Gasteiger partial charge in [0.15, 0.2) is 0 Å². The number of hydrogen-bond donors (Lipinski definition) is 1. The van der Waals surface area contributed by atoms with Gasteiger partial charge in [-0.3, -0.25) is 4.79 Å². The molecule has 0 radical (unpaired) electrons. The van der Waals surface area contributed by atoms with Gasteiger partial charge in [-0.15, -0.1) is 0 Å². The highest BCUT2D eigenvalue weighted by Gasteiger charge is 2.48. The molecule has 0 saturated carbocycles. The molecular weight excluding hydrogens is 554 g/mol. The molecule has 0 bridgehead atoms. The number of rotatable bonds is 8. The minimum Gasteiger partial charge on any atom is -0.445 e. The summed E-state index contributed by atoms with van der Waals surface area (Å²) < 4.78 is 92.4. The topological polar surface area (TPSA) is 67.9 Å². The second kappa shape index (κ2) is 12.6. The first-order chi connectivity index (χ1) is 19.4. The smallest absolute Gasteiger partial charge is 0.445 e. The van der Waals surface area contributed by atoms with Crippen molar-refractivity contribution in [1.82, 2.24) is 5.32 Å². The number of alkyl carbamates (subject to hydrolysis) is 1. The first-order valence-corrected chi connectivity index (χ1v) is 12.6. The Morgan fingerprint density at radius 1 is 0.854 bits per heavy atom. The quantitative estimate of drug-likeness (QED) is 0.231. The van der Waals surface area contributed by atoms with E-state index in [1.807, 2.05) is 6.07 Å². The molecule has 12 heteroatoms. The van der Waals surface area contributed by atoms with Crippen LogP contribution in [0.15, 0.2) is 78.9 Å². The van der Waals surface area contributed by atoms with Crippen LogP contribution in [0, 0.1) is 0 Å². The number of alkyl halides is 6. The second-order valence-corrected chi connectivity index (χ2v) is 9.42. The molecule has 2 amide bonds. The van der Waals surface area contributed by atoms with Gasteiger partial charge >= 0.3 is 24.4 Å². The van der Waals surface area contributed by atoms with Gasteiger partial charge in [0.1, 0.15) is 6.61 Å². The number of carbonyl (C=O) groups excluding carboxylic acids is 2. The van der Waals surface area contributed by atoms with Crippen LogP contribution in [-0.2, 0) is 33.7 Å². The summed E-state index contributed by atoms with van der Waals surface area (Å²) in [5.74, 6) is -2.23. The molecule has 218 valence electrons. The SMILES string of the molecule is O=C(NC1CC(CCOCc2ccccc2)N(C(=O)C(F)(F)F)c2ccc(C(F)(F)F)cc21)OCc1ccccc1. The summed E-state index contributed by atoms with van der Waals surface area (Å²) in [6.07, 6.45) is -11.5. The molecule has 1 heterocycles. The zero-order valence-electron chi connectivity index (χ0n) is 21.5. The third-order valence-electron chi connectivity index (χ3n) is 6.54. The van der Waals surface area contributed by atoms with Crippen molar-refractivity contribution in [1.29, 1.82) is 0 Å². The number of carbonyl (C=O) groups is 2. The fraction of sp³-hybridized carbons (Fsp3) is 0.310. The van der Waals surface area contributed by atoms with E-state index < -0.39 is 42.0 Å². The summed E-state index contributed by atoms with van der Waals surface area (Å²) in [5.41, 5.74) is -0.320. The number of amides is 2. The molecule has 0 spiro atoms. The average molecular weight is 581 g/mol. The zero-order chi connectivity index (χ0) is 29.6. The highest BCUT2D eigenvalue weighted by molar-refractivity contribution is 5.99. The van der Waals surface area contributed by atoms with Gasteiger partial charge in [0.25, 0.3) is 0 Å².